The number of urea groups is 1. The molecule has 2 amide bonds. The van der Waals surface area contributed by atoms with Gasteiger partial charge in [-0.25, -0.2) is 4.79 Å². The lowest BCUT2D eigenvalue weighted by molar-refractivity contribution is 0.0776. The molecule has 2 fully saturated rings. The Morgan fingerprint density at radius 1 is 1.21 bits per heavy atom. The minimum Gasteiger partial charge on any atom is -0.321 e. The quantitative estimate of drug-likeness (QED) is 0.903. The average molecular weight is 280 g/mol. The number of carbonyl (C=O) groups is 1. The molecule has 1 aromatic rings. The number of benzene rings is 1. The van der Waals surface area contributed by atoms with E-state index < -0.39 is 0 Å². The molecule has 2 aliphatic heterocycles. The molecule has 0 aliphatic carbocycles. The van der Waals surface area contributed by atoms with Crippen molar-refractivity contribution in [3.05, 3.63) is 29.3 Å². The molecule has 5 heteroatoms. The van der Waals surface area contributed by atoms with Crippen LogP contribution in [0.2, 0.25) is 5.02 Å². The molecule has 2 saturated heterocycles. The zero-order valence-corrected chi connectivity index (χ0v) is 11.6. The van der Waals surface area contributed by atoms with E-state index in [2.05, 4.69) is 10.2 Å². The summed E-state index contributed by atoms with van der Waals surface area (Å²) in [5, 5.41) is 3.44. The van der Waals surface area contributed by atoms with Crippen molar-refractivity contribution < 1.29 is 4.79 Å². The number of nitrogens with one attached hydrogen (secondary N) is 1. The molecule has 0 atom stereocenters. The zero-order valence-electron chi connectivity index (χ0n) is 10.8. The molecule has 0 saturated carbocycles. The summed E-state index contributed by atoms with van der Waals surface area (Å²) >= 11 is 6.03. The Labute approximate surface area is 118 Å². The van der Waals surface area contributed by atoms with E-state index in [-0.39, 0.29) is 6.03 Å². The number of nitrogens with zero attached hydrogens (tertiary/aromatic N) is 2. The van der Waals surface area contributed by atoms with E-state index in [9.17, 15) is 4.79 Å². The normalized spacial score (nSPS) is 20.4. The molecule has 102 valence electrons. The van der Waals surface area contributed by atoms with Crippen LogP contribution in [0.3, 0.4) is 0 Å². The SMILES string of the molecule is O=C(Nc1ccccc1Cl)N1CC(N2CCCC2)C1. The third-order valence-corrected chi connectivity index (χ3v) is 4.25. The van der Waals surface area contributed by atoms with E-state index in [0.29, 0.717) is 16.8 Å². The largest absolute Gasteiger partial charge is 0.321 e. The van der Waals surface area contributed by atoms with Gasteiger partial charge in [0.25, 0.3) is 0 Å². The van der Waals surface area contributed by atoms with Crippen molar-refractivity contribution in [2.45, 2.75) is 18.9 Å². The minimum atomic E-state index is -0.0523. The van der Waals surface area contributed by atoms with Gasteiger partial charge >= 0.3 is 6.03 Å². The summed E-state index contributed by atoms with van der Waals surface area (Å²) in [7, 11) is 0. The Morgan fingerprint density at radius 3 is 2.58 bits per heavy atom. The Kier molecular flexibility index (Phi) is 3.62. The third kappa shape index (κ3) is 2.69. The second kappa shape index (κ2) is 5.39. The van der Waals surface area contributed by atoms with Gasteiger partial charge in [0, 0.05) is 19.1 Å². The van der Waals surface area contributed by atoms with Gasteiger partial charge in [-0.1, -0.05) is 23.7 Å². The summed E-state index contributed by atoms with van der Waals surface area (Å²) in [6, 6.07) is 7.82. The highest BCUT2D eigenvalue weighted by Gasteiger charge is 2.35. The zero-order chi connectivity index (χ0) is 13.2. The second-order valence-corrected chi connectivity index (χ2v) is 5.62. The van der Waals surface area contributed by atoms with Crippen molar-refractivity contribution in [3.63, 3.8) is 0 Å². The molecule has 3 rings (SSSR count). The van der Waals surface area contributed by atoms with Gasteiger partial charge < -0.3 is 10.2 Å². The molecule has 2 heterocycles. The molecule has 0 radical (unpaired) electrons. The fraction of sp³-hybridized carbons (Fsp3) is 0.500. The van der Waals surface area contributed by atoms with E-state index in [1.807, 2.05) is 23.1 Å². The number of halogens is 1. The van der Waals surface area contributed by atoms with Gasteiger partial charge in [-0.05, 0) is 38.1 Å². The van der Waals surface area contributed by atoms with Gasteiger partial charge in [0.05, 0.1) is 10.7 Å². The minimum absolute atomic E-state index is 0.0523. The van der Waals surface area contributed by atoms with Crippen LogP contribution >= 0.6 is 11.6 Å². The molecular weight excluding hydrogens is 262 g/mol. The van der Waals surface area contributed by atoms with Crippen molar-refractivity contribution in [1.29, 1.82) is 0 Å². The Morgan fingerprint density at radius 2 is 1.89 bits per heavy atom. The molecular formula is C14H18ClN3O. The third-order valence-electron chi connectivity index (χ3n) is 3.92. The molecule has 0 unspecified atom stereocenters. The lowest BCUT2D eigenvalue weighted by Gasteiger charge is -2.43. The van der Waals surface area contributed by atoms with Gasteiger partial charge in [-0.3, -0.25) is 4.90 Å². The van der Waals surface area contributed by atoms with Crippen LogP contribution in [0, 0.1) is 0 Å². The van der Waals surface area contributed by atoms with Gasteiger partial charge in [-0.15, -0.1) is 0 Å². The highest BCUT2D eigenvalue weighted by atomic mass is 35.5. The first-order valence-electron chi connectivity index (χ1n) is 6.78. The molecule has 1 N–H and O–H groups in total. The smallest absolute Gasteiger partial charge is 0.321 e. The Bertz CT molecular complexity index is 468. The highest BCUT2D eigenvalue weighted by molar-refractivity contribution is 6.33. The van der Waals surface area contributed by atoms with E-state index in [0.717, 1.165) is 13.1 Å². The second-order valence-electron chi connectivity index (χ2n) is 5.21. The van der Waals surface area contributed by atoms with Crippen LogP contribution in [-0.2, 0) is 0 Å². The van der Waals surface area contributed by atoms with Crippen molar-refractivity contribution in [2.24, 2.45) is 0 Å². The number of hydrogen-bond acceptors (Lipinski definition) is 2. The molecule has 0 bridgehead atoms. The summed E-state index contributed by atoms with van der Waals surface area (Å²) < 4.78 is 0. The van der Waals surface area contributed by atoms with Crippen molar-refractivity contribution in [2.75, 3.05) is 31.5 Å². The number of anilines is 1. The summed E-state index contributed by atoms with van der Waals surface area (Å²) in [6.45, 7) is 4.03. The van der Waals surface area contributed by atoms with Gasteiger partial charge in [0.1, 0.15) is 0 Å². The molecule has 4 nitrogen and oxygen atoms in total. The van der Waals surface area contributed by atoms with Crippen LogP contribution in [0.15, 0.2) is 24.3 Å². The van der Waals surface area contributed by atoms with Crippen LogP contribution < -0.4 is 5.32 Å². The van der Waals surface area contributed by atoms with Crippen molar-refractivity contribution in [3.8, 4) is 0 Å². The maximum atomic E-state index is 12.0. The topological polar surface area (TPSA) is 35.6 Å². The van der Waals surface area contributed by atoms with Crippen molar-refractivity contribution in [1.82, 2.24) is 9.80 Å². The summed E-state index contributed by atoms with van der Waals surface area (Å²) in [4.78, 5) is 16.4. The fourth-order valence-electron chi connectivity index (χ4n) is 2.72. The fourth-order valence-corrected chi connectivity index (χ4v) is 2.90. The van der Waals surface area contributed by atoms with Crippen molar-refractivity contribution >= 4 is 23.3 Å². The predicted molar refractivity (Wildman–Crippen MR) is 76.6 cm³/mol. The standard InChI is InChI=1S/C14H18ClN3O/c15-12-5-1-2-6-13(12)16-14(19)18-9-11(10-18)17-7-3-4-8-17/h1-2,5-6,11H,3-4,7-10H2,(H,16,19). The van der Waals surface area contributed by atoms with E-state index in [1.54, 1.807) is 6.07 Å². The van der Waals surface area contributed by atoms with Gasteiger partial charge in [0.2, 0.25) is 0 Å². The predicted octanol–water partition coefficient (Wildman–Crippen LogP) is 2.65. The van der Waals surface area contributed by atoms with Gasteiger partial charge in [-0.2, -0.15) is 0 Å². The van der Waals surface area contributed by atoms with Crippen LogP contribution in [0.1, 0.15) is 12.8 Å². The molecule has 19 heavy (non-hydrogen) atoms. The monoisotopic (exact) mass is 279 g/mol. The number of carbonyl (C=O) groups excluding carboxylic acids is 1. The molecule has 2 aliphatic rings. The first-order valence-corrected chi connectivity index (χ1v) is 7.16. The number of rotatable bonds is 2. The summed E-state index contributed by atoms with van der Waals surface area (Å²) in [5.41, 5.74) is 0.679. The number of hydrogen-bond donors (Lipinski definition) is 1. The van der Waals surface area contributed by atoms with E-state index in [1.165, 1.54) is 25.9 Å². The average Bonchev–Trinajstić information content (AvgIpc) is 2.84. The maximum absolute atomic E-state index is 12.0. The Hall–Kier alpha value is -1.26. The van der Waals surface area contributed by atoms with E-state index in [4.69, 9.17) is 11.6 Å². The number of amides is 2. The number of likely N-dealkylation sites (tertiary alicyclic amines) is 2. The highest BCUT2D eigenvalue weighted by Crippen LogP contribution is 2.23. The maximum Gasteiger partial charge on any atom is 0.321 e. The Balaban J connectivity index is 1.51. The van der Waals surface area contributed by atoms with Gasteiger partial charge in [0.15, 0.2) is 0 Å². The van der Waals surface area contributed by atoms with E-state index >= 15 is 0 Å². The number of para-hydroxylation sites is 1. The first-order chi connectivity index (χ1) is 9.24. The molecule has 1 aromatic carbocycles. The first kappa shape index (κ1) is 12.8. The summed E-state index contributed by atoms with van der Waals surface area (Å²) in [6.07, 6.45) is 2.59. The lowest BCUT2D eigenvalue weighted by Crippen LogP contribution is -2.61. The van der Waals surface area contributed by atoms with Crippen LogP contribution in [0.25, 0.3) is 0 Å². The molecule has 0 spiro atoms. The lowest BCUT2D eigenvalue weighted by atomic mass is 10.1. The van der Waals surface area contributed by atoms with Crippen LogP contribution in [-0.4, -0.2) is 48.1 Å². The van der Waals surface area contributed by atoms with Crippen LogP contribution in [0.4, 0.5) is 10.5 Å². The molecule has 0 aromatic heterocycles. The van der Waals surface area contributed by atoms with Crippen LogP contribution in [0.5, 0.6) is 0 Å². The summed E-state index contributed by atoms with van der Waals surface area (Å²) in [5.74, 6) is 0.